The number of alkyl halides is 2. The van der Waals surface area contributed by atoms with Crippen molar-refractivity contribution in [1.29, 1.82) is 0 Å². The lowest BCUT2D eigenvalue weighted by molar-refractivity contribution is 0.143. The van der Waals surface area contributed by atoms with E-state index < -0.39 is 23.4 Å². The summed E-state index contributed by atoms with van der Waals surface area (Å²) in [7, 11) is 0. The second-order valence-electron chi connectivity index (χ2n) is 2.38. The van der Waals surface area contributed by atoms with Gasteiger partial charge in [-0.15, -0.1) is 0 Å². The van der Waals surface area contributed by atoms with E-state index in [4.69, 9.17) is 5.73 Å². The van der Waals surface area contributed by atoms with Crippen molar-refractivity contribution in [3.8, 4) is 0 Å². The highest BCUT2D eigenvalue weighted by molar-refractivity contribution is 5.20. The van der Waals surface area contributed by atoms with E-state index in [-0.39, 0.29) is 12.1 Å². The number of hydrogen-bond acceptors (Lipinski definition) is 2. The summed E-state index contributed by atoms with van der Waals surface area (Å²) in [6.45, 7) is -0.199. The topological polar surface area (TPSA) is 58.9 Å². The minimum absolute atomic E-state index is 0.0586. The zero-order valence-electron chi connectivity index (χ0n) is 6.48. The summed E-state index contributed by atoms with van der Waals surface area (Å²) in [6.07, 6.45) is -2.14. The highest BCUT2D eigenvalue weighted by Crippen LogP contribution is 2.16. The number of nitrogens with two attached hydrogens (primary N) is 1. The molecular weight excluding hydrogens is 185 g/mol. The molecule has 0 saturated carbocycles. The van der Waals surface area contributed by atoms with Gasteiger partial charge in [-0.1, -0.05) is 0 Å². The molecule has 0 aliphatic heterocycles. The van der Waals surface area contributed by atoms with Gasteiger partial charge >= 0.3 is 0 Å². The van der Waals surface area contributed by atoms with Crippen LogP contribution in [-0.2, 0) is 6.54 Å². The van der Waals surface area contributed by atoms with Crippen LogP contribution in [0.4, 0.5) is 13.2 Å². The van der Waals surface area contributed by atoms with Gasteiger partial charge in [-0.3, -0.25) is 4.79 Å². The Balaban J connectivity index is 3.39. The van der Waals surface area contributed by atoms with E-state index >= 15 is 0 Å². The van der Waals surface area contributed by atoms with E-state index in [2.05, 4.69) is 0 Å². The van der Waals surface area contributed by atoms with E-state index in [1.807, 2.05) is 4.98 Å². The van der Waals surface area contributed by atoms with E-state index in [0.717, 1.165) is 6.20 Å². The summed E-state index contributed by atoms with van der Waals surface area (Å²) in [6, 6.07) is 0. The normalized spacial score (nSPS) is 10.8. The molecule has 1 aromatic rings. The van der Waals surface area contributed by atoms with E-state index in [0.29, 0.717) is 0 Å². The molecule has 6 heteroatoms. The standard InChI is InChI=1S/C7H7F3N2O/c8-6(9)4-5(13)3(1-11)2-12-7(4)10/h2,6H,1,11H2,(H,12,13). The highest BCUT2D eigenvalue weighted by atomic mass is 19.3. The summed E-state index contributed by atoms with van der Waals surface area (Å²) in [5.74, 6) is -1.31. The third kappa shape index (κ3) is 1.72. The summed E-state index contributed by atoms with van der Waals surface area (Å²) in [5, 5.41) is 0. The maximum atomic E-state index is 12.6. The van der Waals surface area contributed by atoms with Gasteiger partial charge < -0.3 is 10.7 Å². The Hall–Kier alpha value is -1.30. The van der Waals surface area contributed by atoms with Gasteiger partial charge in [-0.25, -0.2) is 8.78 Å². The van der Waals surface area contributed by atoms with Crippen LogP contribution in [0, 0.1) is 5.95 Å². The summed E-state index contributed by atoms with van der Waals surface area (Å²) in [5.41, 5.74) is 2.84. The number of pyridine rings is 1. The van der Waals surface area contributed by atoms with Crippen LogP contribution in [0.15, 0.2) is 11.0 Å². The lowest BCUT2D eigenvalue weighted by Gasteiger charge is -2.02. The van der Waals surface area contributed by atoms with Crippen molar-refractivity contribution in [3.05, 3.63) is 33.5 Å². The molecule has 0 aliphatic rings. The van der Waals surface area contributed by atoms with Gasteiger partial charge in [0.15, 0.2) is 5.43 Å². The number of halogens is 3. The van der Waals surface area contributed by atoms with Crippen LogP contribution in [0.3, 0.4) is 0 Å². The molecular formula is C7H7F3N2O. The SMILES string of the molecule is NCc1c[nH]c(F)c(C(F)F)c1=O. The maximum absolute atomic E-state index is 12.6. The molecule has 0 aliphatic carbocycles. The predicted molar refractivity (Wildman–Crippen MR) is 39.9 cm³/mol. The van der Waals surface area contributed by atoms with Crippen LogP contribution in [0.5, 0.6) is 0 Å². The predicted octanol–water partition coefficient (Wildman–Crippen LogP) is 0.910. The fourth-order valence-corrected chi connectivity index (χ4v) is 0.913. The zero-order valence-corrected chi connectivity index (χ0v) is 6.48. The largest absolute Gasteiger partial charge is 0.338 e. The molecule has 0 spiro atoms. The molecule has 1 rings (SSSR count). The number of aromatic amines is 1. The molecule has 72 valence electrons. The molecule has 1 heterocycles. The first-order valence-corrected chi connectivity index (χ1v) is 3.46. The molecule has 0 unspecified atom stereocenters. The van der Waals surface area contributed by atoms with Crippen molar-refractivity contribution >= 4 is 0 Å². The van der Waals surface area contributed by atoms with Crippen LogP contribution in [-0.4, -0.2) is 4.98 Å². The summed E-state index contributed by atoms with van der Waals surface area (Å²) < 4.78 is 36.8. The molecule has 0 bridgehead atoms. The van der Waals surface area contributed by atoms with Crippen LogP contribution >= 0.6 is 0 Å². The molecule has 3 nitrogen and oxygen atoms in total. The maximum Gasteiger partial charge on any atom is 0.271 e. The molecule has 0 aromatic carbocycles. The number of hydrogen-bond donors (Lipinski definition) is 2. The highest BCUT2D eigenvalue weighted by Gasteiger charge is 2.19. The van der Waals surface area contributed by atoms with E-state index in [9.17, 15) is 18.0 Å². The van der Waals surface area contributed by atoms with Gasteiger partial charge in [-0.05, 0) is 0 Å². The van der Waals surface area contributed by atoms with Crippen LogP contribution in [0.1, 0.15) is 17.6 Å². The Morgan fingerprint density at radius 3 is 2.62 bits per heavy atom. The summed E-state index contributed by atoms with van der Waals surface area (Å²) >= 11 is 0. The Morgan fingerprint density at radius 1 is 1.54 bits per heavy atom. The van der Waals surface area contributed by atoms with Gasteiger partial charge in [0, 0.05) is 18.3 Å². The lowest BCUT2D eigenvalue weighted by atomic mass is 10.2. The van der Waals surface area contributed by atoms with Crippen molar-refractivity contribution < 1.29 is 13.2 Å². The first kappa shape index (κ1) is 9.79. The fourth-order valence-electron chi connectivity index (χ4n) is 0.913. The molecule has 1 aromatic heterocycles. The Morgan fingerprint density at radius 2 is 2.15 bits per heavy atom. The van der Waals surface area contributed by atoms with E-state index in [1.165, 1.54) is 0 Å². The van der Waals surface area contributed by atoms with Gasteiger partial charge in [0.1, 0.15) is 5.56 Å². The fraction of sp³-hybridized carbons (Fsp3) is 0.286. The van der Waals surface area contributed by atoms with Crippen molar-refractivity contribution in [1.82, 2.24) is 4.98 Å². The Bertz CT molecular complexity index is 361. The quantitative estimate of drug-likeness (QED) is 0.684. The first-order chi connectivity index (χ1) is 6.07. The monoisotopic (exact) mass is 192 g/mol. The molecule has 0 atom stereocenters. The smallest absolute Gasteiger partial charge is 0.271 e. The minimum Gasteiger partial charge on any atom is -0.338 e. The van der Waals surface area contributed by atoms with Gasteiger partial charge in [-0.2, -0.15) is 4.39 Å². The molecule has 0 amide bonds. The molecule has 3 N–H and O–H groups in total. The summed E-state index contributed by atoms with van der Waals surface area (Å²) in [4.78, 5) is 13.0. The van der Waals surface area contributed by atoms with Crippen molar-refractivity contribution in [2.75, 3.05) is 0 Å². The number of H-pyrrole nitrogens is 1. The average molecular weight is 192 g/mol. The van der Waals surface area contributed by atoms with Crippen LogP contribution in [0.2, 0.25) is 0 Å². The van der Waals surface area contributed by atoms with Crippen molar-refractivity contribution in [2.45, 2.75) is 13.0 Å². The Kier molecular flexibility index (Phi) is 2.72. The van der Waals surface area contributed by atoms with Crippen molar-refractivity contribution in [3.63, 3.8) is 0 Å². The zero-order chi connectivity index (χ0) is 10.0. The molecule has 13 heavy (non-hydrogen) atoms. The molecule has 0 fully saturated rings. The minimum atomic E-state index is -3.13. The number of aromatic nitrogens is 1. The van der Waals surface area contributed by atoms with Gasteiger partial charge in [0.05, 0.1) is 0 Å². The Labute approximate surface area is 71.4 Å². The first-order valence-electron chi connectivity index (χ1n) is 3.46. The second kappa shape index (κ2) is 3.61. The van der Waals surface area contributed by atoms with Gasteiger partial charge in [0.25, 0.3) is 6.43 Å². The molecule has 0 radical (unpaired) electrons. The van der Waals surface area contributed by atoms with Gasteiger partial charge in [0.2, 0.25) is 5.95 Å². The third-order valence-electron chi connectivity index (χ3n) is 1.58. The lowest BCUT2D eigenvalue weighted by Crippen LogP contribution is -2.20. The third-order valence-corrected chi connectivity index (χ3v) is 1.58. The number of rotatable bonds is 2. The van der Waals surface area contributed by atoms with E-state index in [1.54, 1.807) is 0 Å². The second-order valence-corrected chi connectivity index (χ2v) is 2.38. The average Bonchev–Trinajstić information content (AvgIpc) is 2.04. The van der Waals surface area contributed by atoms with Crippen molar-refractivity contribution in [2.24, 2.45) is 5.73 Å². The molecule has 0 saturated heterocycles. The number of nitrogens with one attached hydrogen (secondary N) is 1. The van der Waals surface area contributed by atoms with Crippen LogP contribution in [0.25, 0.3) is 0 Å². The van der Waals surface area contributed by atoms with Crippen LogP contribution < -0.4 is 11.2 Å².